The lowest BCUT2D eigenvalue weighted by molar-refractivity contribution is 0.00981. The van der Waals surface area contributed by atoms with Crippen LogP contribution >= 0.6 is 0 Å². The van der Waals surface area contributed by atoms with Crippen molar-refractivity contribution in [3.8, 4) is 0 Å². The first-order valence-electron chi connectivity index (χ1n) is 3.49. The van der Waals surface area contributed by atoms with Crippen molar-refractivity contribution in [2.75, 3.05) is 0 Å². The molecule has 4 atom stereocenters. The zero-order valence-electron chi connectivity index (χ0n) is 5.91. The third-order valence-electron chi connectivity index (χ3n) is 2.26. The molecule has 9 heavy (non-hydrogen) atoms. The zero-order valence-corrected chi connectivity index (χ0v) is 5.91. The van der Waals surface area contributed by atoms with Crippen molar-refractivity contribution in [3.63, 3.8) is 0 Å². The van der Waals surface area contributed by atoms with Gasteiger partial charge in [0.1, 0.15) is 0 Å². The molecule has 0 aromatic heterocycles. The number of hydrogen-bond donors (Lipinski definition) is 2. The zero-order chi connectivity index (χ0) is 7.02. The van der Waals surface area contributed by atoms with E-state index in [1.807, 2.05) is 13.8 Å². The molecule has 2 heteroatoms. The van der Waals surface area contributed by atoms with Crippen molar-refractivity contribution in [3.05, 3.63) is 0 Å². The van der Waals surface area contributed by atoms with Crippen LogP contribution in [0.5, 0.6) is 0 Å². The van der Waals surface area contributed by atoms with E-state index in [1.54, 1.807) is 0 Å². The van der Waals surface area contributed by atoms with E-state index in [4.69, 9.17) is 0 Å². The number of hydrogen-bond acceptors (Lipinski definition) is 2. The Hall–Kier alpha value is -0.0800. The summed E-state index contributed by atoms with van der Waals surface area (Å²) < 4.78 is 0. The summed E-state index contributed by atoms with van der Waals surface area (Å²) in [4.78, 5) is 0. The fourth-order valence-electron chi connectivity index (χ4n) is 1.54. The lowest BCUT2D eigenvalue weighted by atomic mass is 10.1. The second kappa shape index (κ2) is 2.27. The SMILES string of the molecule is CC1CC(C)[C@H](O)[C@@H]1O. The quantitative estimate of drug-likeness (QED) is 0.498. The lowest BCUT2D eigenvalue weighted by Gasteiger charge is -2.11. The molecule has 0 aromatic rings. The van der Waals surface area contributed by atoms with Crippen LogP contribution in [0.3, 0.4) is 0 Å². The minimum Gasteiger partial charge on any atom is -0.390 e. The van der Waals surface area contributed by atoms with Gasteiger partial charge >= 0.3 is 0 Å². The van der Waals surface area contributed by atoms with E-state index < -0.39 is 12.2 Å². The van der Waals surface area contributed by atoms with Gasteiger partial charge in [0.2, 0.25) is 0 Å². The van der Waals surface area contributed by atoms with Gasteiger partial charge in [-0.2, -0.15) is 0 Å². The third kappa shape index (κ3) is 1.10. The average Bonchev–Trinajstić information content (AvgIpc) is 1.98. The largest absolute Gasteiger partial charge is 0.390 e. The first-order valence-corrected chi connectivity index (χ1v) is 3.49. The summed E-state index contributed by atoms with van der Waals surface area (Å²) in [5.41, 5.74) is 0. The van der Waals surface area contributed by atoms with Crippen molar-refractivity contribution in [2.24, 2.45) is 11.8 Å². The summed E-state index contributed by atoms with van der Waals surface area (Å²) in [6.07, 6.45) is -0.0255. The van der Waals surface area contributed by atoms with Gasteiger partial charge < -0.3 is 10.2 Å². The third-order valence-corrected chi connectivity index (χ3v) is 2.26. The van der Waals surface area contributed by atoms with Crippen LogP contribution in [0.4, 0.5) is 0 Å². The molecule has 1 aliphatic carbocycles. The second-order valence-electron chi connectivity index (χ2n) is 3.17. The van der Waals surface area contributed by atoms with Crippen molar-refractivity contribution < 1.29 is 10.2 Å². The summed E-state index contributed by atoms with van der Waals surface area (Å²) >= 11 is 0. The lowest BCUT2D eigenvalue weighted by Crippen LogP contribution is -2.26. The Balaban J connectivity index is 2.54. The first kappa shape index (κ1) is 7.03. The highest BCUT2D eigenvalue weighted by molar-refractivity contribution is 4.86. The van der Waals surface area contributed by atoms with E-state index in [1.165, 1.54) is 0 Å². The van der Waals surface area contributed by atoms with Crippen molar-refractivity contribution in [1.82, 2.24) is 0 Å². The van der Waals surface area contributed by atoms with Gasteiger partial charge in [-0.05, 0) is 18.3 Å². The molecule has 0 saturated heterocycles. The molecule has 0 aromatic carbocycles. The monoisotopic (exact) mass is 130 g/mol. The maximum Gasteiger partial charge on any atom is 0.0827 e. The fourth-order valence-corrected chi connectivity index (χ4v) is 1.54. The molecule has 54 valence electrons. The van der Waals surface area contributed by atoms with Crippen LogP contribution in [-0.2, 0) is 0 Å². The van der Waals surface area contributed by atoms with Gasteiger partial charge in [-0.1, -0.05) is 13.8 Å². The predicted molar refractivity (Wildman–Crippen MR) is 35.0 cm³/mol. The molecule has 1 saturated carbocycles. The standard InChI is InChI=1S/C7H14O2/c1-4-3-5(2)7(9)6(4)8/h4-9H,3H2,1-2H3/t4?,5?,6-,7+. The molecular weight excluding hydrogens is 116 g/mol. The summed E-state index contributed by atoms with van der Waals surface area (Å²) in [6, 6.07) is 0. The molecule has 0 spiro atoms. The maximum absolute atomic E-state index is 9.19. The van der Waals surface area contributed by atoms with Crippen LogP contribution in [0.2, 0.25) is 0 Å². The van der Waals surface area contributed by atoms with Gasteiger partial charge in [-0.3, -0.25) is 0 Å². The van der Waals surface area contributed by atoms with E-state index in [-0.39, 0.29) is 11.8 Å². The Morgan fingerprint density at radius 2 is 1.33 bits per heavy atom. The molecule has 1 rings (SSSR count). The fraction of sp³-hybridized carbons (Fsp3) is 1.00. The predicted octanol–water partition coefficient (Wildman–Crippen LogP) is 0.384. The number of aliphatic hydroxyl groups is 2. The van der Waals surface area contributed by atoms with Crippen molar-refractivity contribution >= 4 is 0 Å². The molecular formula is C7H14O2. The molecule has 2 nitrogen and oxygen atoms in total. The Kier molecular flexibility index (Phi) is 1.78. The summed E-state index contributed by atoms with van der Waals surface area (Å²) in [7, 11) is 0. The van der Waals surface area contributed by atoms with Crippen LogP contribution in [-0.4, -0.2) is 22.4 Å². The molecule has 1 aliphatic rings. The van der Waals surface area contributed by atoms with Gasteiger partial charge in [0, 0.05) is 0 Å². The van der Waals surface area contributed by atoms with Crippen molar-refractivity contribution in [1.29, 1.82) is 0 Å². The highest BCUT2D eigenvalue weighted by atomic mass is 16.3. The van der Waals surface area contributed by atoms with Gasteiger partial charge in [-0.25, -0.2) is 0 Å². The molecule has 1 fully saturated rings. The summed E-state index contributed by atoms with van der Waals surface area (Å²) in [5.74, 6) is 0.546. The Morgan fingerprint density at radius 1 is 1.00 bits per heavy atom. The summed E-state index contributed by atoms with van der Waals surface area (Å²) in [5, 5.41) is 18.4. The van der Waals surface area contributed by atoms with Crippen LogP contribution in [0.25, 0.3) is 0 Å². The van der Waals surface area contributed by atoms with Crippen molar-refractivity contribution in [2.45, 2.75) is 32.5 Å². The Bertz CT molecular complexity index is 91.1. The minimum atomic E-state index is -0.486. The molecule has 0 aliphatic heterocycles. The first-order chi connectivity index (χ1) is 4.13. The normalized spacial score (nSPS) is 52.0. The van der Waals surface area contributed by atoms with Crippen LogP contribution in [0.1, 0.15) is 20.3 Å². The molecule has 0 bridgehead atoms. The topological polar surface area (TPSA) is 40.5 Å². The highest BCUT2D eigenvalue weighted by Gasteiger charge is 2.35. The van der Waals surface area contributed by atoms with Crippen LogP contribution in [0, 0.1) is 11.8 Å². The maximum atomic E-state index is 9.19. The number of rotatable bonds is 0. The van der Waals surface area contributed by atoms with Gasteiger partial charge in [0.15, 0.2) is 0 Å². The van der Waals surface area contributed by atoms with E-state index in [0.29, 0.717) is 0 Å². The van der Waals surface area contributed by atoms with E-state index in [0.717, 1.165) is 6.42 Å². The second-order valence-corrected chi connectivity index (χ2v) is 3.17. The average molecular weight is 130 g/mol. The Morgan fingerprint density at radius 3 is 1.44 bits per heavy atom. The molecule has 2 N–H and O–H groups in total. The smallest absolute Gasteiger partial charge is 0.0827 e. The molecule has 2 unspecified atom stereocenters. The molecule has 0 amide bonds. The van der Waals surface area contributed by atoms with Gasteiger partial charge in [-0.15, -0.1) is 0 Å². The molecule has 0 heterocycles. The Labute approximate surface area is 55.5 Å². The highest BCUT2D eigenvalue weighted by Crippen LogP contribution is 2.30. The van der Waals surface area contributed by atoms with Crippen LogP contribution < -0.4 is 0 Å². The van der Waals surface area contributed by atoms with E-state index >= 15 is 0 Å². The van der Waals surface area contributed by atoms with E-state index in [2.05, 4.69) is 0 Å². The van der Waals surface area contributed by atoms with Gasteiger partial charge in [0.25, 0.3) is 0 Å². The minimum absolute atomic E-state index is 0.273. The molecule has 0 radical (unpaired) electrons. The summed E-state index contributed by atoms with van der Waals surface area (Å²) in [6.45, 7) is 3.94. The van der Waals surface area contributed by atoms with E-state index in [9.17, 15) is 10.2 Å². The van der Waals surface area contributed by atoms with Gasteiger partial charge in [0.05, 0.1) is 12.2 Å². The number of aliphatic hydroxyl groups excluding tert-OH is 2. The van der Waals surface area contributed by atoms with Crippen LogP contribution in [0.15, 0.2) is 0 Å².